The van der Waals surface area contributed by atoms with Crippen LogP contribution < -0.4 is 0 Å². The molecule has 2 atom stereocenters. The summed E-state index contributed by atoms with van der Waals surface area (Å²) in [5, 5.41) is 0. The molecule has 0 bridgehead atoms. The fourth-order valence-corrected chi connectivity index (χ4v) is 2.62. The maximum absolute atomic E-state index is 10.4. The van der Waals surface area contributed by atoms with E-state index in [9.17, 15) is 8.42 Å². The fourth-order valence-electron chi connectivity index (χ4n) is 2.12. The Morgan fingerprint density at radius 3 is 2.00 bits per heavy atom. The zero-order valence-corrected chi connectivity index (χ0v) is 8.75. The molecular formula is C8H16O4S. The van der Waals surface area contributed by atoms with Crippen molar-refractivity contribution < 1.29 is 17.2 Å². The first-order valence-corrected chi connectivity index (χ1v) is 5.89. The Hall–Kier alpha value is -0.130. The molecule has 0 aromatic heterocycles. The average molecular weight is 208 g/mol. The molecule has 0 heterocycles. The van der Waals surface area contributed by atoms with Crippen molar-refractivity contribution in [1.29, 1.82) is 0 Å². The predicted octanol–water partition coefficient (Wildman–Crippen LogP) is 1.63. The van der Waals surface area contributed by atoms with E-state index in [0.29, 0.717) is 24.7 Å². The van der Waals surface area contributed by atoms with Gasteiger partial charge in [-0.15, -0.1) is 0 Å². The summed E-state index contributed by atoms with van der Waals surface area (Å²) < 4.78 is 33.9. The molecule has 1 saturated carbocycles. The SMILES string of the molecule is C[C@@H]1CC(OS(=O)(=O)O)C[C@@H](C)C1. The highest BCUT2D eigenvalue weighted by Crippen LogP contribution is 2.30. The van der Waals surface area contributed by atoms with Crippen molar-refractivity contribution in [1.82, 2.24) is 0 Å². The molecule has 0 aromatic carbocycles. The maximum Gasteiger partial charge on any atom is 0.397 e. The lowest BCUT2D eigenvalue weighted by atomic mass is 9.82. The summed E-state index contributed by atoms with van der Waals surface area (Å²) in [6, 6.07) is 0. The Morgan fingerprint density at radius 2 is 1.62 bits per heavy atom. The number of rotatable bonds is 2. The molecule has 0 amide bonds. The van der Waals surface area contributed by atoms with Crippen LogP contribution in [0.1, 0.15) is 33.1 Å². The second kappa shape index (κ2) is 3.94. The van der Waals surface area contributed by atoms with Crippen LogP contribution in [0.2, 0.25) is 0 Å². The summed E-state index contributed by atoms with van der Waals surface area (Å²) in [6.07, 6.45) is 2.19. The van der Waals surface area contributed by atoms with Crippen LogP contribution in [0.15, 0.2) is 0 Å². The Kier molecular flexibility index (Phi) is 3.32. The Balaban J connectivity index is 2.51. The third-order valence-electron chi connectivity index (χ3n) is 2.39. The summed E-state index contributed by atoms with van der Waals surface area (Å²) in [5.74, 6) is 0.936. The molecule has 0 saturated heterocycles. The molecule has 1 aliphatic rings. The summed E-state index contributed by atoms with van der Waals surface area (Å²) >= 11 is 0. The van der Waals surface area contributed by atoms with Crippen molar-refractivity contribution in [3.63, 3.8) is 0 Å². The van der Waals surface area contributed by atoms with Gasteiger partial charge in [0.15, 0.2) is 0 Å². The van der Waals surface area contributed by atoms with Crippen molar-refractivity contribution in [3.05, 3.63) is 0 Å². The summed E-state index contributed by atoms with van der Waals surface area (Å²) in [5.41, 5.74) is 0. The lowest BCUT2D eigenvalue weighted by Gasteiger charge is -2.29. The molecule has 1 aliphatic carbocycles. The second-order valence-electron chi connectivity index (χ2n) is 4.06. The van der Waals surface area contributed by atoms with Crippen molar-refractivity contribution in [2.75, 3.05) is 0 Å². The molecule has 1 N–H and O–H groups in total. The van der Waals surface area contributed by atoms with E-state index in [0.717, 1.165) is 6.42 Å². The van der Waals surface area contributed by atoms with Crippen molar-refractivity contribution >= 4 is 10.4 Å². The second-order valence-corrected chi connectivity index (χ2v) is 5.11. The number of hydrogen-bond donors (Lipinski definition) is 1. The molecule has 0 radical (unpaired) electrons. The summed E-state index contributed by atoms with van der Waals surface area (Å²) in [6.45, 7) is 4.13. The van der Waals surface area contributed by atoms with Crippen molar-refractivity contribution in [2.24, 2.45) is 11.8 Å². The molecule has 1 rings (SSSR count). The zero-order chi connectivity index (χ0) is 10.1. The largest absolute Gasteiger partial charge is 0.397 e. The third-order valence-corrected chi connectivity index (χ3v) is 2.91. The lowest BCUT2D eigenvalue weighted by molar-refractivity contribution is 0.0945. The van der Waals surface area contributed by atoms with E-state index < -0.39 is 10.4 Å². The van der Waals surface area contributed by atoms with Crippen molar-refractivity contribution in [2.45, 2.75) is 39.2 Å². The van der Waals surface area contributed by atoms with Crippen LogP contribution in [0, 0.1) is 11.8 Å². The average Bonchev–Trinajstić information content (AvgIpc) is 1.78. The van der Waals surface area contributed by atoms with Gasteiger partial charge in [-0.3, -0.25) is 4.55 Å². The van der Waals surface area contributed by atoms with Crippen LogP contribution in [0.4, 0.5) is 0 Å². The lowest BCUT2D eigenvalue weighted by Crippen LogP contribution is -2.28. The normalized spacial score (nSPS) is 36.1. The van der Waals surface area contributed by atoms with Gasteiger partial charge in [-0.05, 0) is 31.1 Å². The standard InChI is InChI=1S/C8H16O4S/c1-6-3-7(2)5-8(4-6)12-13(9,10)11/h6-8H,3-5H2,1-2H3,(H,9,10,11)/t6-,7-/m0/s1. The quantitative estimate of drug-likeness (QED) is 0.700. The molecule has 1 fully saturated rings. The van der Waals surface area contributed by atoms with Gasteiger partial charge in [0.1, 0.15) is 0 Å². The third kappa shape index (κ3) is 4.06. The van der Waals surface area contributed by atoms with Crippen LogP contribution in [0.25, 0.3) is 0 Å². The van der Waals surface area contributed by atoms with Crippen LogP contribution in [0.5, 0.6) is 0 Å². The Labute approximate surface area is 79.2 Å². The Morgan fingerprint density at radius 1 is 1.15 bits per heavy atom. The van der Waals surface area contributed by atoms with E-state index in [2.05, 4.69) is 18.0 Å². The molecule has 0 aliphatic heterocycles. The molecule has 4 nitrogen and oxygen atoms in total. The molecule has 78 valence electrons. The maximum atomic E-state index is 10.4. The van der Waals surface area contributed by atoms with Gasteiger partial charge in [0.05, 0.1) is 6.10 Å². The summed E-state index contributed by atoms with van der Waals surface area (Å²) in [7, 11) is -4.27. The zero-order valence-electron chi connectivity index (χ0n) is 7.93. The van der Waals surface area contributed by atoms with Gasteiger partial charge in [-0.2, -0.15) is 8.42 Å². The first-order chi connectivity index (χ1) is 5.87. The van der Waals surface area contributed by atoms with Gasteiger partial charge in [-0.25, -0.2) is 4.18 Å². The molecule has 0 unspecified atom stereocenters. The molecule has 13 heavy (non-hydrogen) atoms. The minimum Gasteiger partial charge on any atom is -0.264 e. The highest BCUT2D eigenvalue weighted by atomic mass is 32.3. The summed E-state index contributed by atoms with van der Waals surface area (Å²) in [4.78, 5) is 0. The number of hydrogen-bond acceptors (Lipinski definition) is 3. The van der Waals surface area contributed by atoms with E-state index in [1.54, 1.807) is 0 Å². The van der Waals surface area contributed by atoms with E-state index in [1.807, 2.05) is 0 Å². The minimum absolute atomic E-state index is 0.339. The van der Waals surface area contributed by atoms with Crippen LogP contribution in [0.3, 0.4) is 0 Å². The molecule has 0 spiro atoms. The van der Waals surface area contributed by atoms with Crippen LogP contribution in [-0.2, 0) is 14.6 Å². The van der Waals surface area contributed by atoms with Crippen LogP contribution in [-0.4, -0.2) is 19.1 Å². The van der Waals surface area contributed by atoms with Gasteiger partial charge in [0.25, 0.3) is 0 Å². The van der Waals surface area contributed by atoms with Crippen molar-refractivity contribution in [3.8, 4) is 0 Å². The predicted molar refractivity (Wildman–Crippen MR) is 48.6 cm³/mol. The molecule has 5 heteroatoms. The highest BCUT2D eigenvalue weighted by molar-refractivity contribution is 7.80. The topological polar surface area (TPSA) is 63.6 Å². The highest BCUT2D eigenvalue weighted by Gasteiger charge is 2.27. The van der Waals surface area contributed by atoms with Crippen LogP contribution >= 0.6 is 0 Å². The Bertz CT molecular complexity index is 249. The first-order valence-electron chi connectivity index (χ1n) is 4.52. The minimum atomic E-state index is -4.27. The van der Waals surface area contributed by atoms with Gasteiger partial charge >= 0.3 is 10.4 Å². The van der Waals surface area contributed by atoms with Gasteiger partial charge in [-0.1, -0.05) is 13.8 Å². The molecule has 0 aromatic rings. The van der Waals surface area contributed by atoms with E-state index in [-0.39, 0.29) is 6.10 Å². The van der Waals surface area contributed by atoms with E-state index in [4.69, 9.17) is 4.55 Å². The van der Waals surface area contributed by atoms with Gasteiger partial charge < -0.3 is 0 Å². The molecular weight excluding hydrogens is 192 g/mol. The first kappa shape index (κ1) is 10.9. The van der Waals surface area contributed by atoms with E-state index in [1.165, 1.54) is 0 Å². The monoisotopic (exact) mass is 208 g/mol. The smallest absolute Gasteiger partial charge is 0.264 e. The fraction of sp³-hybridized carbons (Fsp3) is 1.00. The van der Waals surface area contributed by atoms with E-state index >= 15 is 0 Å². The van der Waals surface area contributed by atoms with Gasteiger partial charge in [0.2, 0.25) is 0 Å². The van der Waals surface area contributed by atoms with Gasteiger partial charge in [0, 0.05) is 0 Å².